The van der Waals surface area contributed by atoms with Crippen LogP contribution >= 0.6 is 11.8 Å². The van der Waals surface area contributed by atoms with Gasteiger partial charge in [0.2, 0.25) is 5.91 Å². The van der Waals surface area contributed by atoms with Crippen molar-refractivity contribution >= 4 is 28.6 Å². The van der Waals surface area contributed by atoms with Gasteiger partial charge in [-0.25, -0.2) is 9.37 Å². The van der Waals surface area contributed by atoms with Gasteiger partial charge in [-0.15, -0.1) is 0 Å². The molecule has 0 radical (unpaired) electrons. The van der Waals surface area contributed by atoms with Gasteiger partial charge in [-0.3, -0.25) is 14.2 Å². The third-order valence-corrected chi connectivity index (χ3v) is 6.07. The first-order valence-corrected chi connectivity index (χ1v) is 10.4. The minimum absolute atomic E-state index is 0.108. The van der Waals surface area contributed by atoms with E-state index in [0.29, 0.717) is 17.3 Å². The number of fused-ring (bicyclic) bond motifs is 1. The van der Waals surface area contributed by atoms with E-state index in [2.05, 4.69) is 4.98 Å². The van der Waals surface area contributed by atoms with Gasteiger partial charge in [-0.1, -0.05) is 48.2 Å². The van der Waals surface area contributed by atoms with E-state index < -0.39 is 40.0 Å². The van der Waals surface area contributed by atoms with E-state index >= 15 is 0 Å². The number of nitrogens with two attached hydrogens (primary N) is 1. The van der Waals surface area contributed by atoms with Gasteiger partial charge in [-0.2, -0.15) is 13.2 Å². The summed E-state index contributed by atoms with van der Waals surface area (Å²) in [5.41, 5.74) is 3.90. The summed E-state index contributed by atoms with van der Waals surface area (Å²) in [6.07, 6.45) is -4.75. The second kappa shape index (κ2) is 8.70. The zero-order chi connectivity index (χ0) is 23.8. The Morgan fingerprint density at radius 2 is 1.61 bits per heavy atom. The molecule has 0 aliphatic carbocycles. The fourth-order valence-corrected chi connectivity index (χ4v) is 4.40. The Kier molecular flexibility index (Phi) is 5.94. The lowest BCUT2D eigenvalue weighted by atomic mass is 10.1. The SMILES string of the molecule is NC(=O)C(Sc1nc2ccccc2c(=O)n1-c1ccccc1C(F)(F)F)c1ccc(F)cc1. The van der Waals surface area contributed by atoms with Crippen LogP contribution in [0.15, 0.2) is 82.7 Å². The average Bonchev–Trinajstić information content (AvgIpc) is 2.78. The molecule has 1 amide bonds. The molecule has 1 unspecified atom stereocenters. The van der Waals surface area contributed by atoms with Crippen LogP contribution in [0, 0.1) is 5.82 Å². The zero-order valence-electron chi connectivity index (χ0n) is 16.7. The fraction of sp³-hybridized carbons (Fsp3) is 0.0870. The normalized spacial score (nSPS) is 12.6. The summed E-state index contributed by atoms with van der Waals surface area (Å²) in [6.45, 7) is 0. The summed E-state index contributed by atoms with van der Waals surface area (Å²) in [6, 6.07) is 15.7. The molecule has 1 atom stereocenters. The van der Waals surface area contributed by atoms with Gasteiger partial charge in [0, 0.05) is 0 Å². The molecular weight excluding hydrogens is 458 g/mol. The second-order valence-corrected chi connectivity index (χ2v) is 8.09. The van der Waals surface area contributed by atoms with Gasteiger partial charge >= 0.3 is 6.18 Å². The van der Waals surface area contributed by atoms with Crippen molar-refractivity contribution < 1.29 is 22.4 Å². The van der Waals surface area contributed by atoms with Crippen LogP contribution in [0.1, 0.15) is 16.4 Å². The molecule has 4 aromatic rings. The Balaban J connectivity index is 1.98. The molecule has 33 heavy (non-hydrogen) atoms. The number of thioether (sulfide) groups is 1. The van der Waals surface area contributed by atoms with Gasteiger partial charge in [0.15, 0.2) is 5.16 Å². The van der Waals surface area contributed by atoms with Gasteiger partial charge in [0.25, 0.3) is 5.56 Å². The topological polar surface area (TPSA) is 78.0 Å². The number of benzene rings is 3. The van der Waals surface area contributed by atoms with E-state index in [1.807, 2.05) is 0 Å². The first-order valence-electron chi connectivity index (χ1n) is 9.56. The van der Waals surface area contributed by atoms with Crippen LogP contribution in [-0.4, -0.2) is 15.5 Å². The molecule has 0 aliphatic rings. The van der Waals surface area contributed by atoms with Crippen LogP contribution in [-0.2, 0) is 11.0 Å². The first kappa shape index (κ1) is 22.5. The fourth-order valence-electron chi connectivity index (χ4n) is 3.35. The Bertz CT molecular complexity index is 1400. The average molecular weight is 473 g/mol. The van der Waals surface area contributed by atoms with Crippen LogP contribution in [0.25, 0.3) is 16.6 Å². The molecule has 3 aromatic carbocycles. The number of hydrogen-bond acceptors (Lipinski definition) is 4. The van der Waals surface area contributed by atoms with Crippen LogP contribution in [0.3, 0.4) is 0 Å². The minimum atomic E-state index is -4.75. The number of primary amides is 1. The number of aromatic nitrogens is 2. The first-order chi connectivity index (χ1) is 15.7. The van der Waals surface area contributed by atoms with Crippen molar-refractivity contribution in [3.8, 4) is 5.69 Å². The number of rotatable bonds is 5. The van der Waals surface area contributed by atoms with Crippen molar-refractivity contribution in [1.29, 1.82) is 0 Å². The van der Waals surface area contributed by atoms with Crippen molar-refractivity contribution in [2.75, 3.05) is 0 Å². The predicted octanol–water partition coefficient (Wildman–Crippen LogP) is 4.86. The quantitative estimate of drug-likeness (QED) is 0.255. The van der Waals surface area contributed by atoms with E-state index in [1.165, 1.54) is 36.4 Å². The third-order valence-electron chi connectivity index (χ3n) is 4.85. The second-order valence-electron chi connectivity index (χ2n) is 7.02. The van der Waals surface area contributed by atoms with E-state index in [-0.39, 0.29) is 16.1 Å². The summed E-state index contributed by atoms with van der Waals surface area (Å²) < 4.78 is 55.4. The molecule has 0 saturated carbocycles. The van der Waals surface area contributed by atoms with Crippen molar-refractivity contribution in [2.45, 2.75) is 16.6 Å². The maximum absolute atomic E-state index is 13.8. The largest absolute Gasteiger partial charge is 0.418 e. The molecule has 0 aliphatic heterocycles. The number of alkyl halides is 3. The predicted molar refractivity (Wildman–Crippen MR) is 117 cm³/mol. The highest BCUT2D eigenvalue weighted by Crippen LogP contribution is 2.38. The number of halogens is 4. The summed E-state index contributed by atoms with van der Waals surface area (Å²) in [4.78, 5) is 29.9. The van der Waals surface area contributed by atoms with Crippen LogP contribution in [0.2, 0.25) is 0 Å². The minimum Gasteiger partial charge on any atom is -0.368 e. The molecule has 1 heterocycles. The van der Waals surface area contributed by atoms with Crippen molar-refractivity contribution in [2.24, 2.45) is 5.73 Å². The smallest absolute Gasteiger partial charge is 0.368 e. The summed E-state index contributed by atoms with van der Waals surface area (Å²) in [5, 5.41) is -1.19. The molecule has 5 nitrogen and oxygen atoms in total. The Labute approximate surface area is 188 Å². The Hall–Kier alpha value is -3.66. The Morgan fingerprint density at radius 1 is 0.970 bits per heavy atom. The lowest BCUT2D eigenvalue weighted by molar-refractivity contribution is -0.137. The molecule has 0 bridgehead atoms. The number of hydrogen-bond donors (Lipinski definition) is 1. The van der Waals surface area contributed by atoms with Gasteiger partial charge in [0.05, 0.1) is 22.2 Å². The van der Waals surface area contributed by atoms with E-state index in [4.69, 9.17) is 5.73 Å². The molecule has 0 spiro atoms. The highest BCUT2D eigenvalue weighted by atomic mass is 32.2. The maximum atomic E-state index is 13.8. The summed E-state index contributed by atoms with van der Waals surface area (Å²) >= 11 is 0.713. The standard InChI is InChI=1S/C23H15F4N3O2S/c24-14-11-9-13(10-12-14)19(20(28)31)33-22-29-17-7-3-1-5-15(17)21(32)30(22)18-8-4-2-6-16(18)23(25,26)27/h1-12,19H,(H2,28,31). The van der Waals surface area contributed by atoms with E-state index in [1.54, 1.807) is 12.1 Å². The Morgan fingerprint density at radius 3 is 2.27 bits per heavy atom. The molecule has 1 aromatic heterocycles. The number of amides is 1. The summed E-state index contributed by atoms with van der Waals surface area (Å²) in [5.74, 6) is -1.36. The van der Waals surface area contributed by atoms with Gasteiger partial charge < -0.3 is 5.73 Å². The molecular formula is C23H15F4N3O2S. The van der Waals surface area contributed by atoms with Crippen molar-refractivity contribution in [3.63, 3.8) is 0 Å². The number of carbonyl (C=O) groups excluding carboxylic acids is 1. The van der Waals surface area contributed by atoms with Crippen molar-refractivity contribution in [1.82, 2.24) is 9.55 Å². The molecule has 168 valence electrons. The molecule has 10 heteroatoms. The molecule has 0 fully saturated rings. The number of carbonyl (C=O) groups is 1. The van der Waals surface area contributed by atoms with Crippen LogP contribution in [0.4, 0.5) is 17.6 Å². The van der Waals surface area contributed by atoms with Crippen molar-refractivity contribution in [3.05, 3.63) is 100 Å². The number of para-hydroxylation sites is 2. The highest BCUT2D eigenvalue weighted by Gasteiger charge is 2.35. The lowest BCUT2D eigenvalue weighted by Crippen LogP contribution is -2.26. The van der Waals surface area contributed by atoms with Crippen LogP contribution in [0.5, 0.6) is 0 Å². The summed E-state index contributed by atoms with van der Waals surface area (Å²) in [7, 11) is 0. The van der Waals surface area contributed by atoms with Gasteiger partial charge in [0.1, 0.15) is 11.1 Å². The monoisotopic (exact) mass is 473 g/mol. The van der Waals surface area contributed by atoms with E-state index in [0.717, 1.165) is 28.8 Å². The lowest BCUT2D eigenvalue weighted by Gasteiger charge is -2.20. The van der Waals surface area contributed by atoms with Crippen LogP contribution < -0.4 is 11.3 Å². The molecule has 4 rings (SSSR count). The molecule has 0 saturated heterocycles. The third kappa shape index (κ3) is 4.47. The zero-order valence-corrected chi connectivity index (χ0v) is 17.5. The maximum Gasteiger partial charge on any atom is 0.418 e. The van der Waals surface area contributed by atoms with Gasteiger partial charge in [-0.05, 0) is 42.0 Å². The number of nitrogens with zero attached hydrogens (tertiary/aromatic N) is 2. The molecule has 2 N–H and O–H groups in total. The highest BCUT2D eigenvalue weighted by molar-refractivity contribution is 8.00. The van der Waals surface area contributed by atoms with E-state index in [9.17, 15) is 27.2 Å².